The summed E-state index contributed by atoms with van der Waals surface area (Å²) in [4.78, 5) is 30.8. The molecule has 1 atom stereocenters. The number of aryl methyl sites for hydroxylation is 1. The molecule has 0 saturated heterocycles. The van der Waals surface area contributed by atoms with E-state index in [-0.39, 0.29) is 5.56 Å². The summed E-state index contributed by atoms with van der Waals surface area (Å²) in [5, 5.41) is 1.24. The Morgan fingerprint density at radius 1 is 1.38 bits per heavy atom. The van der Waals surface area contributed by atoms with Crippen molar-refractivity contribution in [2.75, 3.05) is 5.43 Å². The quantitative estimate of drug-likeness (QED) is 0.691. The molecule has 0 unspecified atom stereocenters. The third-order valence-corrected chi connectivity index (χ3v) is 5.37. The van der Waals surface area contributed by atoms with E-state index < -0.39 is 12.0 Å². The van der Waals surface area contributed by atoms with E-state index in [4.69, 9.17) is 27.9 Å². The lowest BCUT2D eigenvalue weighted by Crippen LogP contribution is -2.39. The highest BCUT2D eigenvalue weighted by atomic mass is 35.5. The first-order valence-corrected chi connectivity index (χ1v) is 9.39. The normalized spacial score (nSPS) is 12.2. The van der Waals surface area contributed by atoms with Gasteiger partial charge >= 0.3 is 0 Å². The molecule has 0 spiro atoms. The molecular formula is C17H15Cl2N3O3S. The van der Waals surface area contributed by atoms with Crippen molar-refractivity contribution in [1.82, 2.24) is 9.66 Å². The molecule has 2 aromatic heterocycles. The van der Waals surface area contributed by atoms with E-state index in [1.54, 1.807) is 25.1 Å². The van der Waals surface area contributed by atoms with Gasteiger partial charge in [0.15, 0.2) is 6.10 Å². The SMILES string of the molecule is CCc1cc2c(=O)n(NC(=O)[C@H](C)Oc3ccc(Cl)cc3Cl)cnc2s1. The van der Waals surface area contributed by atoms with Crippen LogP contribution in [0.25, 0.3) is 10.2 Å². The van der Waals surface area contributed by atoms with Gasteiger partial charge in [-0.2, -0.15) is 0 Å². The van der Waals surface area contributed by atoms with Crippen LogP contribution < -0.4 is 15.7 Å². The first-order chi connectivity index (χ1) is 12.4. The number of hydrogen-bond acceptors (Lipinski definition) is 5. The number of aromatic nitrogens is 2. The van der Waals surface area contributed by atoms with Crippen molar-refractivity contribution in [1.29, 1.82) is 0 Å². The van der Waals surface area contributed by atoms with Crippen molar-refractivity contribution in [3.8, 4) is 5.75 Å². The summed E-state index contributed by atoms with van der Waals surface area (Å²) >= 11 is 13.3. The van der Waals surface area contributed by atoms with Gasteiger partial charge in [0, 0.05) is 9.90 Å². The molecule has 6 nitrogen and oxygen atoms in total. The molecule has 3 aromatic rings. The Hall–Kier alpha value is -2.09. The van der Waals surface area contributed by atoms with Crippen LogP contribution in [0.2, 0.25) is 10.0 Å². The Morgan fingerprint density at radius 3 is 2.85 bits per heavy atom. The van der Waals surface area contributed by atoms with Crippen LogP contribution in [0.1, 0.15) is 18.7 Å². The number of nitrogens with one attached hydrogen (secondary N) is 1. The number of fused-ring (bicyclic) bond motifs is 1. The molecule has 0 aliphatic rings. The van der Waals surface area contributed by atoms with Crippen molar-refractivity contribution in [2.45, 2.75) is 26.4 Å². The first kappa shape index (κ1) is 18.7. The van der Waals surface area contributed by atoms with Gasteiger partial charge in [0.2, 0.25) is 0 Å². The van der Waals surface area contributed by atoms with Crippen molar-refractivity contribution in [2.24, 2.45) is 0 Å². The minimum atomic E-state index is -0.884. The van der Waals surface area contributed by atoms with Crippen LogP contribution in [0.3, 0.4) is 0 Å². The third kappa shape index (κ3) is 3.85. The van der Waals surface area contributed by atoms with Crippen LogP contribution in [0, 0.1) is 0 Å². The number of amides is 1. The number of benzene rings is 1. The van der Waals surface area contributed by atoms with Gasteiger partial charge in [0.05, 0.1) is 10.4 Å². The summed E-state index contributed by atoms with van der Waals surface area (Å²) in [6.45, 7) is 3.56. The highest BCUT2D eigenvalue weighted by Crippen LogP contribution is 2.28. The largest absolute Gasteiger partial charge is 0.479 e. The average molecular weight is 412 g/mol. The lowest BCUT2D eigenvalue weighted by Gasteiger charge is -2.16. The smallest absolute Gasteiger partial charge is 0.280 e. The van der Waals surface area contributed by atoms with E-state index in [1.165, 1.54) is 23.7 Å². The second-order valence-corrected chi connectivity index (χ2v) is 7.47. The van der Waals surface area contributed by atoms with E-state index in [9.17, 15) is 9.59 Å². The molecule has 0 radical (unpaired) electrons. The number of halogens is 2. The Morgan fingerprint density at radius 2 is 2.15 bits per heavy atom. The number of hydrogen-bond donors (Lipinski definition) is 1. The molecule has 3 rings (SSSR count). The van der Waals surface area contributed by atoms with Gasteiger partial charge in [-0.3, -0.25) is 15.0 Å². The highest BCUT2D eigenvalue weighted by molar-refractivity contribution is 7.18. The summed E-state index contributed by atoms with van der Waals surface area (Å²) in [6, 6.07) is 6.50. The predicted molar refractivity (Wildman–Crippen MR) is 104 cm³/mol. The molecule has 0 saturated carbocycles. The van der Waals surface area contributed by atoms with E-state index in [2.05, 4.69) is 10.4 Å². The van der Waals surface area contributed by atoms with Gasteiger partial charge in [-0.05, 0) is 37.6 Å². The molecule has 0 aliphatic heterocycles. The lowest BCUT2D eigenvalue weighted by molar-refractivity contribution is -0.123. The molecule has 2 heterocycles. The molecule has 9 heteroatoms. The maximum atomic E-state index is 12.5. The van der Waals surface area contributed by atoms with E-state index in [0.717, 1.165) is 16.0 Å². The minimum Gasteiger partial charge on any atom is -0.479 e. The van der Waals surface area contributed by atoms with Gasteiger partial charge < -0.3 is 4.74 Å². The van der Waals surface area contributed by atoms with Crippen LogP contribution in [0.5, 0.6) is 5.75 Å². The van der Waals surface area contributed by atoms with Crippen LogP contribution in [0.4, 0.5) is 0 Å². The topological polar surface area (TPSA) is 73.2 Å². The second-order valence-electron chi connectivity index (χ2n) is 5.52. The number of ether oxygens (including phenoxy) is 1. The number of carbonyl (C=O) groups excluding carboxylic acids is 1. The van der Waals surface area contributed by atoms with Crippen LogP contribution in [0.15, 0.2) is 35.4 Å². The fourth-order valence-corrected chi connectivity index (χ4v) is 3.63. The van der Waals surface area contributed by atoms with Crippen LogP contribution in [-0.2, 0) is 11.2 Å². The fraction of sp³-hybridized carbons (Fsp3) is 0.235. The van der Waals surface area contributed by atoms with Gasteiger partial charge in [-0.15, -0.1) is 11.3 Å². The first-order valence-electron chi connectivity index (χ1n) is 7.81. The Labute approximate surface area is 163 Å². The molecule has 0 aliphatic carbocycles. The van der Waals surface area contributed by atoms with Crippen molar-refractivity contribution < 1.29 is 9.53 Å². The minimum absolute atomic E-state index is 0.294. The molecule has 1 aromatic carbocycles. The zero-order chi connectivity index (χ0) is 18.8. The number of rotatable bonds is 5. The van der Waals surface area contributed by atoms with Crippen molar-refractivity contribution >= 4 is 50.7 Å². The number of nitrogens with zero attached hydrogens (tertiary/aromatic N) is 2. The summed E-state index contributed by atoms with van der Waals surface area (Å²) in [7, 11) is 0. The monoisotopic (exact) mass is 411 g/mol. The standard InChI is InChI=1S/C17H15Cl2N3O3S/c1-3-11-7-12-16(26-11)20-8-22(17(12)24)21-15(23)9(2)25-14-5-4-10(18)6-13(14)19/h4-9H,3H2,1-2H3,(H,21,23)/t9-/m0/s1. The maximum absolute atomic E-state index is 12.5. The fourth-order valence-electron chi connectivity index (χ4n) is 2.25. The summed E-state index contributed by atoms with van der Waals surface area (Å²) < 4.78 is 6.60. The summed E-state index contributed by atoms with van der Waals surface area (Å²) in [6.07, 6.45) is 1.23. The molecule has 26 heavy (non-hydrogen) atoms. The summed E-state index contributed by atoms with van der Waals surface area (Å²) in [5.41, 5.74) is 2.16. The van der Waals surface area contributed by atoms with E-state index in [0.29, 0.717) is 26.0 Å². The molecule has 0 bridgehead atoms. The maximum Gasteiger partial charge on any atom is 0.280 e. The van der Waals surface area contributed by atoms with Gasteiger partial charge in [-0.25, -0.2) is 9.66 Å². The summed E-state index contributed by atoms with van der Waals surface area (Å²) in [5.74, 6) is -0.185. The molecule has 136 valence electrons. The van der Waals surface area contributed by atoms with Crippen LogP contribution in [-0.4, -0.2) is 21.7 Å². The van der Waals surface area contributed by atoms with Crippen LogP contribution >= 0.6 is 34.5 Å². The van der Waals surface area contributed by atoms with Crippen molar-refractivity contribution in [3.05, 3.63) is 55.9 Å². The molecule has 1 amide bonds. The molecular weight excluding hydrogens is 397 g/mol. The number of carbonyl (C=O) groups is 1. The Balaban J connectivity index is 1.77. The van der Waals surface area contributed by atoms with Gasteiger partial charge in [0.1, 0.15) is 16.9 Å². The molecule has 0 fully saturated rings. The van der Waals surface area contributed by atoms with Crippen molar-refractivity contribution in [3.63, 3.8) is 0 Å². The van der Waals surface area contributed by atoms with E-state index >= 15 is 0 Å². The predicted octanol–water partition coefficient (Wildman–Crippen LogP) is 3.86. The zero-order valence-electron chi connectivity index (χ0n) is 14.0. The zero-order valence-corrected chi connectivity index (χ0v) is 16.3. The van der Waals surface area contributed by atoms with Gasteiger partial charge in [0.25, 0.3) is 11.5 Å². The highest BCUT2D eigenvalue weighted by Gasteiger charge is 2.18. The Bertz CT molecular complexity index is 1030. The Kier molecular flexibility index (Phi) is 5.50. The molecule has 1 N–H and O–H groups in total. The lowest BCUT2D eigenvalue weighted by atomic mass is 10.3. The van der Waals surface area contributed by atoms with E-state index in [1.807, 2.05) is 6.92 Å². The second kappa shape index (κ2) is 7.65. The average Bonchev–Trinajstić information content (AvgIpc) is 3.04. The third-order valence-electron chi connectivity index (χ3n) is 3.65. The number of thiophene rings is 1. The van der Waals surface area contributed by atoms with Gasteiger partial charge in [-0.1, -0.05) is 30.1 Å².